The van der Waals surface area contributed by atoms with Crippen molar-refractivity contribution in [2.45, 2.75) is 61.8 Å². The number of fused-ring (bicyclic) bond motifs is 1. The van der Waals surface area contributed by atoms with Gasteiger partial charge in [0.1, 0.15) is 5.82 Å². The molecule has 1 aromatic heterocycles. The van der Waals surface area contributed by atoms with E-state index in [-0.39, 0.29) is 0 Å². The van der Waals surface area contributed by atoms with Gasteiger partial charge in [-0.25, -0.2) is 4.98 Å². The van der Waals surface area contributed by atoms with E-state index in [1.807, 2.05) is 41.7 Å². The average molecular weight is 264 g/mol. The van der Waals surface area contributed by atoms with Crippen LogP contribution in [-0.2, 0) is 7.05 Å². The number of nitrogens with zero attached hydrogens (tertiary/aromatic N) is 2. The summed E-state index contributed by atoms with van der Waals surface area (Å²) in [5.41, 5.74) is 3.56. The van der Waals surface area contributed by atoms with Gasteiger partial charge in [-0.05, 0) is 31.5 Å². The molecular formula is C17H32N2. The Kier molecular flexibility index (Phi) is 12.4. The maximum Gasteiger partial charge on any atom is 0.106 e. The fraction of sp³-hybridized carbons (Fsp3) is 0.588. The van der Waals surface area contributed by atoms with Crippen LogP contribution < -0.4 is 0 Å². The van der Waals surface area contributed by atoms with Crippen molar-refractivity contribution in [2.75, 3.05) is 0 Å². The van der Waals surface area contributed by atoms with E-state index in [0.717, 1.165) is 11.3 Å². The molecule has 0 bridgehead atoms. The third-order valence-corrected chi connectivity index (χ3v) is 2.26. The van der Waals surface area contributed by atoms with Crippen molar-refractivity contribution in [3.8, 4) is 0 Å². The maximum absolute atomic E-state index is 4.44. The highest BCUT2D eigenvalue weighted by molar-refractivity contribution is 5.76. The standard InChI is InChI=1S/C10H12N2.C3H8.2C2H6/c1-7-4-5-10-9(6-7)11-8(2)12(10)3;1-3-2;2*1-2/h4-6H,1-3H3;3H2,1-2H3;2*1-2H3. The van der Waals surface area contributed by atoms with Gasteiger partial charge in [0.25, 0.3) is 0 Å². The van der Waals surface area contributed by atoms with Crippen LogP contribution in [0.3, 0.4) is 0 Å². The number of hydrogen-bond acceptors (Lipinski definition) is 1. The summed E-state index contributed by atoms with van der Waals surface area (Å²) >= 11 is 0. The third kappa shape index (κ3) is 6.42. The van der Waals surface area contributed by atoms with Crippen LogP contribution >= 0.6 is 0 Å². The lowest BCUT2D eigenvalue weighted by Gasteiger charge is -1.95. The SMILES string of the molecule is CC.CC.CCC.Cc1ccc2c(c1)nc(C)n2C. The highest BCUT2D eigenvalue weighted by atomic mass is 15.0. The molecule has 110 valence electrons. The number of hydrogen-bond donors (Lipinski definition) is 0. The van der Waals surface area contributed by atoms with Crippen molar-refractivity contribution in [3.05, 3.63) is 29.6 Å². The second kappa shape index (κ2) is 11.8. The van der Waals surface area contributed by atoms with Crippen molar-refractivity contribution < 1.29 is 0 Å². The molecule has 0 radical (unpaired) electrons. The van der Waals surface area contributed by atoms with Gasteiger partial charge in [0.05, 0.1) is 11.0 Å². The molecule has 0 aliphatic heterocycles. The van der Waals surface area contributed by atoms with Gasteiger partial charge in [0.2, 0.25) is 0 Å². The zero-order valence-electron chi connectivity index (χ0n) is 14.3. The molecule has 1 aromatic carbocycles. The quantitative estimate of drug-likeness (QED) is 0.600. The molecule has 2 aromatic rings. The summed E-state index contributed by atoms with van der Waals surface area (Å²) in [7, 11) is 2.04. The highest BCUT2D eigenvalue weighted by Crippen LogP contribution is 2.15. The first-order valence-electron chi connectivity index (χ1n) is 7.49. The molecule has 0 aliphatic carbocycles. The van der Waals surface area contributed by atoms with Crippen LogP contribution in [0.1, 0.15) is 59.4 Å². The molecule has 0 amide bonds. The van der Waals surface area contributed by atoms with Gasteiger partial charge in [0.15, 0.2) is 0 Å². The van der Waals surface area contributed by atoms with E-state index in [0.29, 0.717) is 0 Å². The Morgan fingerprint density at radius 2 is 1.47 bits per heavy atom. The highest BCUT2D eigenvalue weighted by Gasteiger charge is 2.02. The molecule has 0 atom stereocenters. The van der Waals surface area contributed by atoms with Crippen molar-refractivity contribution in [3.63, 3.8) is 0 Å². The van der Waals surface area contributed by atoms with Gasteiger partial charge >= 0.3 is 0 Å². The normalized spacial score (nSPS) is 8.47. The van der Waals surface area contributed by atoms with E-state index in [1.54, 1.807) is 0 Å². The van der Waals surface area contributed by atoms with Crippen LogP contribution in [0.5, 0.6) is 0 Å². The largest absolute Gasteiger partial charge is 0.331 e. The molecule has 1 heterocycles. The molecule has 2 rings (SSSR count). The van der Waals surface area contributed by atoms with E-state index < -0.39 is 0 Å². The number of imidazole rings is 1. The van der Waals surface area contributed by atoms with Crippen molar-refractivity contribution in [1.82, 2.24) is 9.55 Å². The Hall–Kier alpha value is -1.31. The van der Waals surface area contributed by atoms with Crippen LogP contribution in [-0.4, -0.2) is 9.55 Å². The number of rotatable bonds is 0. The first kappa shape index (κ1) is 20.0. The van der Waals surface area contributed by atoms with E-state index in [9.17, 15) is 0 Å². The Labute approximate surface area is 119 Å². The lowest BCUT2D eigenvalue weighted by Crippen LogP contribution is -1.89. The number of aryl methyl sites for hydroxylation is 3. The van der Waals surface area contributed by atoms with Crippen molar-refractivity contribution in [2.24, 2.45) is 7.05 Å². The van der Waals surface area contributed by atoms with E-state index >= 15 is 0 Å². The summed E-state index contributed by atoms with van der Waals surface area (Å²) in [6.45, 7) is 16.4. The molecular weight excluding hydrogens is 232 g/mol. The van der Waals surface area contributed by atoms with Crippen LogP contribution in [0.2, 0.25) is 0 Å². The molecule has 0 N–H and O–H groups in total. The molecule has 0 saturated carbocycles. The van der Waals surface area contributed by atoms with Gasteiger partial charge in [-0.15, -0.1) is 0 Å². The van der Waals surface area contributed by atoms with Crippen molar-refractivity contribution in [1.29, 1.82) is 0 Å². The minimum atomic E-state index is 1.07. The zero-order chi connectivity index (χ0) is 15.4. The summed E-state index contributed by atoms with van der Waals surface area (Å²) in [5.74, 6) is 1.07. The van der Waals surface area contributed by atoms with E-state index in [1.165, 1.54) is 17.5 Å². The molecule has 19 heavy (non-hydrogen) atoms. The van der Waals surface area contributed by atoms with Gasteiger partial charge in [-0.3, -0.25) is 0 Å². The van der Waals surface area contributed by atoms with E-state index in [2.05, 4.69) is 48.5 Å². The molecule has 0 unspecified atom stereocenters. The van der Waals surface area contributed by atoms with Crippen LogP contribution in [0.25, 0.3) is 11.0 Å². The summed E-state index contributed by atoms with van der Waals surface area (Å²) < 4.78 is 2.11. The average Bonchev–Trinajstić information content (AvgIpc) is 2.70. The Morgan fingerprint density at radius 1 is 1.00 bits per heavy atom. The first-order valence-corrected chi connectivity index (χ1v) is 7.49. The second-order valence-corrected chi connectivity index (χ2v) is 3.92. The topological polar surface area (TPSA) is 17.8 Å². The van der Waals surface area contributed by atoms with Gasteiger partial charge < -0.3 is 4.57 Å². The first-order chi connectivity index (χ1) is 9.10. The summed E-state index contributed by atoms with van der Waals surface area (Å²) in [6, 6.07) is 6.34. The Morgan fingerprint density at radius 3 is 1.95 bits per heavy atom. The molecule has 0 spiro atoms. The fourth-order valence-electron chi connectivity index (χ4n) is 1.43. The summed E-state index contributed by atoms with van der Waals surface area (Å²) in [5, 5.41) is 0. The monoisotopic (exact) mass is 264 g/mol. The van der Waals surface area contributed by atoms with Crippen LogP contribution in [0.4, 0.5) is 0 Å². The molecule has 0 saturated heterocycles. The minimum absolute atomic E-state index is 1.07. The van der Waals surface area contributed by atoms with Crippen LogP contribution in [0.15, 0.2) is 18.2 Å². The lowest BCUT2D eigenvalue weighted by atomic mass is 10.2. The summed E-state index contributed by atoms with van der Waals surface area (Å²) in [6.07, 6.45) is 1.25. The predicted molar refractivity (Wildman–Crippen MR) is 88.8 cm³/mol. The second-order valence-electron chi connectivity index (χ2n) is 3.92. The van der Waals surface area contributed by atoms with Crippen LogP contribution in [0, 0.1) is 13.8 Å². The summed E-state index contributed by atoms with van der Waals surface area (Å²) in [4.78, 5) is 4.44. The molecule has 2 heteroatoms. The fourth-order valence-corrected chi connectivity index (χ4v) is 1.43. The molecule has 2 nitrogen and oxygen atoms in total. The van der Waals surface area contributed by atoms with Crippen molar-refractivity contribution >= 4 is 11.0 Å². The lowest BCUT2D eigenvalue weighted by molar-refractivity contribution is 0.886. The van der Waals surface area contributed by atoms with Gasteiger partial charge in [-0.2, -0.15) is 0 Å². The predicted octanol–water partition coefficient (Wildman–Crippen LogP) is 5.66. The number of aromatic nitrogens is 2. The van der Waals surface area contributed by atoms with Gasteiger partial charge in [0, 0.05) is 7.05 Å². The smallest absolute Gasteiger partial charge is 0.106 e. The van der Waals surface area contributed by atoms with Gasteiger partial charge in [-0.1, -0.05) is 54.0 Å². The Bertz CT molecular complexity index is 442. The maximum atomic E-state index is 4.44. The molecule has 0 aliphatic rings. The number of benzene rings is 1. The zero-order valence-corrected chi connectivity index (χ0v) is 14.3. The van der Waals surface area contributed by atoms with E-state index in [4.69, 9.17) is 0 Å². The minimum Gasteiger partial charge on any atom is -0.331 e. The molecule has 0 fully saturated rings. The Balaban J connectivity index is 0. The third-order valence-electron chi connectivity index (χ3n) is 2.26.